The van der Waals surface area contributed by atoms with Crippen LogP contribution in [0.15, 0.2) is 47.1 Å². The van der Waals surface area contributed by atoms with Gasteiger partial charge in [0.05, 0.1) is 31.5 Å². The molecule has 7 aliphatic rings. The number of ketones is 3. The Hall–Kier alpha value is -4.91. The zero-order valence-corrected chi connectivity index (χ0v) is 53.6. The van der Waals surface area contributed by atoms with Crippen molar-refractivity contribution in [1.82, 2.24) is 4.90 Å². The molecule has 0 spiro atoms. The largest absolute Gasteiger partial charge is 0.509 e. The summed E-state index contributed by atoms with van der Waals surface area (Å²) in [5.74, 6) is -10.8. The molecule has 0 radical (unpaired) electrons. The second-order valence-corrected chi connectivity index (χ2v) is 26.2. The van der Waals surface area contributed by atoms with Gasteiger partial charge in [-0.15, -0.1) is 0 Å². The minimum atomic E-state index is -2.50. The highest BCUT2D eigenvalue weighted by molar-refractivity contribution is 6.39. The number of piperidine rings is 1. The normalized spacial score (nSPS) is 39.1. The maximum Gasteiger partial charge on any atom is 0.509 e. The number of aliphatic hydroxyl groups is 1. The lowest BCUT2D eigenvalue weighted by molar-refractivity contribution is -0.265. The SMILES string of the molecule is CO[C@H]1CC2CC[C@@H](C)[C@@](O)(O2)C(=O)C(=O)N2CCCCC2C(=O)O[C@H]([C@H](C)C[C@@H]2CC[C@@H](OC(=O)OCC3COC(C)(C)O3)[C@H](OC)C2)CC(=O)[C@H](C)/C=C(\C)[C@@](C)(OC(=O)OCC2COC(C)(C)O2)[C@@H](OC)C(=O)[C@H]2C[C@H](C)/C2=C/C=C/C=C/1C. The number of rotatable bonds is 12. The minimum Gasteiger partial charge on any atom is -0.460 e. The first-order valence-electron chi connectivity index (χ1n) is 31.2. The Morgan fingerprint density at radius 1 is 0.759 bits per heavy atom. The van der Waals surface area contributed by atoms with E-state index >= 15 is 0 Å². The quantitative estimate of drug-likeness (QED) is 0.0830. The summed E-state index contributed by atoms with van der Waals surface area (Å²) in [6.07, 6.45) is 5.50. The van der Waals surface area contributed by atoms with Gasteiger partial charge in [-0.05, 0) is 142 Å². The molecule has 2 bridgehead atoms. The van der Waals surface area contributed by atoms with E-state index in [1.165, 1.54) is 14.2 Å². The van der Waals surface area contributed by atoms with Crippen molar-refractivity contribution in [2.24, 2.45) is 35.5 Å². The number of carbonyl (C=O) groups is 7. The molecule has 17 atom stereocenters. The molecular weight excluding hydrogens is 1130 g/mol. The molecule has 7 rings (SSSR count). The van der Waals surface area contributed by atoms with Crippen molar-refractivity contribution in [3.8, 4) is 0 Å². The number of ether oxygens (including phenoxy) is 13. The third-order valence-electron chi connectivity index (χ3n) is 18.8. The molecule has 0 aromatic heterocycles. The molecule has 0 aromatic carbocycles. The number of allylic oxidation sites excluding steroid dienone is 6. The maximum atomic E-state index is 15.0. The van der Waals surface area contributed by atoms with Crippen molar-refractivity contribution in [2.75, 3.05) is 54.3 Å². The van der Waals surface area contributed by atoms with E-state index in [-0.39, 0.29) is 75.6 Å². The summed E-state index contributed by atoms with van der Waals surface area (Å²) in [4.78, 5) is 102. The fourth-order valence-electron chi connectivity index (χ4n) is 13.3. The molecule has 87 heavy (non-hydrogen) atoms. The van der Waals surface area contributed by atoms with Gasteiger partial charge in [0.25, 0.3) is 11.7 Å². The van der Waals surface area contributed by atoms with Crippen LogP contribution in [0.5, 0.6) is 0 Å². The fraction of sp³-hybridized carbons (Fsp3) is 0.769. The number of hydrogen-bond acceptors (Lipinski definition) is 21. The maximum absolute atomic E-state index is 15.0. The van der Waals surface area contributed by atoms with Gasteiger partial charge in [0.1, 0.15) is 49.5 Å². The average Bonchev–Trinajstić information content (AvgIpc) is 1.46. The highest BCUT2D eigenvalue weighted by atomic mass is 16.8. The first-order valence-corrected chi connectivity index (χ1v) is 31.2. The monoisotopic (exact) mass is 1230 g/mol. The third-order valence-corrected chi connectivity index (χ3v) is 18.8. The standard InChI is InChI=1S/C65H97NO21/c1-37-19-15-16-20-47-38(2)29-48(47)55(68)57(77-14)64(11,87-61(73)79-34-46-36-81-63(9,10)85-46)42(6)27-39(3)50(67)32-53(40(4)28-43-23-25-51(54(30-43)76-13)83-60(72)78-33-45-35-80-62(7,8)84-45)82-59(71)49-21-17-18-26-66(49)58(70)56(69)65(74)41(5)22-24-44(86-65)31-52(37)75-12/h15-16,19-20,27,38-41,43-46,48-49,51-54,57,74H,17-18,21-26,28-36H2,1-14H3/b16-15+,37-19+,42-27+,47-20-/t38-,39+,40+,41+,43-,44?,45?,46?,48-,49?,51+,52-,53-,54+,57-,64+,65+/m0/s1. The fourth-order valence-corrected chi connectivity index (χ4v) is 13.3. The number of cyclic esters (lactones) is 1. The Morgan fingerprint density at radius 2 is 1.41 bits per heavy atom. The highest BCUT2D eigenvalue weighted by Gasteiger charge is 2.54. The van der Waals surface area contributed by atoms with Crippen molar-refractivity contribution in [1.29, 1.82) is 0 Å². The smallest absolute Gasteiger partial charge is 0.460 e. The lowest BCUT2D eigenvalue weighted by Crippen LogP contribution is -2.61. The van der Waals surface area contributed by atoms with Gasteiger partial charge in [0.15, 0.2) is 29.1 Å². The molecule has 1 N–H and O–H groups in total. The number of hydrogen-bond donors (Lipinski definition) is 1. The van der Waals surface area contributed by atoms with Gasteiger partial charge in [-0.1, -0.05) is 63.6 Å². The molecule has 6 fully saturated rings. The summed E-state index contributed by atoms with van der Waals surface area (Å²) < 4.78 is 76.3. The molecule has 4 saturated heterocycles. The summed E-state index contributed by atoms with van der Waals surface area (Å²) in [6, 6.07) is -1.24. The predicted molar refractivity (Wildman–Crippen MR) is 313 cm³/mol. The van der Waals surface area contributed by atoms with Crippen LogP contribution in [-0.2, 0) is 85.6 Å². The number of esters is 1. The summed E-state index contributed by atoms with van der Waals surface area (Å²) in [5, 5.41) is 12.2. The Balaban J connectivity index is 1.20. The Kier molecular flexibility index (Phi) is 23.8. The Bertz CT molecular complexity index is 2590. The molecule has 1 amide bonds. The number of fused-ring (bicyclic) bond motifs is 4. The first-order chi connectivity index (χ1) is 41.0. The lowest BCUT2D eigenvalue weighted by Gasteiger charge is -2.42. The molecule has 0 aromatic rings. The van der Waals surface area contributed by atoms with E-state index in [1.807, 2.05) is 45.1 Å². The van der Waals surface area contributed by atoms with E-state index in [0.717, 1.165) is 16.0 Å². The number of nitrogens with zero attached hydrogens (tertiary/aromatic N) is 1. The van der Waals surface area contributed by atoms with E-state index < -0.39 is 131 Å². The van der Waals surface area contributed by atoms with Gasteiger partial charge >= 0.3 is 18.3 Å². The second kappa shape index (κ2) is 29.8. The van der Waals surface area contributed by atoms with Crippen LogP contribution in [-0.4, -0.2) is 184 Å². The molecular formula is C65H97NO21. The van der Waals surface area contributed by atoms with Crippen molar-refractivity contribution < 1.29 is 100 Å². The molecule has 22 heteroatoms. The molecule has 2 aliphatic carbocycles. The molecule has 22 nitrogen and oxygen atoms in total. The number of Topliss-reactive ketones (excluding diaryl/α,β-unsaturated/α-hetero) is 3. The van der Waals surface area contributed by atoms with Crippen molar-refractivity contribution in [3.05, 3.63) is 47.1 Å². The third kappa shape index (κ3) is 17.3. The van der Waals surface area contributed by atoms with Crippen LogP contribution in [0.4, 0.5) is 9.59 Å². The molecule has 5 heterocycles. The minimum absolute atomic E-state index is 0.0238. The van der Waals surface area contributed by atoms with Crippen molar-refractivity contribution in [3.63, 3.8) is 0 Å². The average molecular weight is 1230 g/mol. The van der Waals surface area contributed by atoms with Gasteiger partial charge in [-0.2, -0.15) is 0 Å². The van der Waals surface area contributed by atoms with E-state index in [0.29, 0.717) is 63.4 Å². The van der Waals surface area contributed by atoms with Crippen LogP contribution < -0.4 is 0 Å². The lowest BCUT2D eigenvalue weighted by atomic mass is 9.66. The molecule has 4 unspecified atom stereocenters. The van der Waals surface area contributed by atoms with Gasteiger partial charge in [0.2, 0.25) is 5.79 Å². The summed E-state index contributed by atoms with van der Waals surface area (Å²) in [6.45, 7) is 19.5. The van der Waals surface area contributed by atoms with Crippen LogP contribution in [0.1, 0.15) is 153 Å². The van der Waals surface area contributed by atoms with Crippen LogP contribution in [0, 0.1) is 35.5 Å². The van der Waals surface area contributed by atoms with E-state index in [1.54, 1.807) is 68.6 Å². The van der Waals surface area contributed by atoms with E-state index in [4.69, 9.17) is 61.6 Å². The van der Waals surface area contributed by atoms with Crippen LogP contribution >= 0.6 is 0 Å². The van der Waals surface area contributed by atoms with Gasteiger partial charge in [0, 0.05) is 58.5 Å². The van der Waals surface area contributed by atoms with Crippen LogP contribution in [0.25, 0.3) is 0 Å². The Labute approximate surface area is 512 Å². The molecule has 5 aliphatic heterocycles. The Morgan fingerprint density at radius 3 is 2.02 bits per heavy atom. The zero-order valence-electron chi connectivity index (χ0n) is 53.6. The predicted octanol–water partition coefficient (Wildman–Crippen LogP) is 8.56. The summed E-state index contributed by atoms with van der Waals surface area (Å²) in [7, 11) is 4.44. The van der Waals surface area contributed by atoms with Crippen LogP contribution in [0.2, 0.25) is 0 Å². The van der Waals surface area contributed by atoms with Gasteiger partial charge in [-0.25, -0.2) is 14.4 Å². The zero-order chi connectivity index (χ0) is 63.8. The van der Waals surface area contributed by atoms with Crippen molar-refractivity contribution in [2.45, 2.75) is 231 Å². The van der Waals surface area contributed by atoms with Gasteiger partial charge in [-0.3, -0.25) is 19.2 Å². The highest BCUT2D eigenvalue weighted by Crippen LogP contribution is 2.44. The molecule has 2 saturated carbocycles. The number of amides is 1. The van der Waals surface area contributed by atoms with E-state index in [2.05, 4.69) is 0 Å². The number of methoxy groups -OCH3 is 3. The van der Waals surface area contributed by atoms with Crippen molar-refractivity contribution >= 4 is 41.5 Å². The molecule has 488 valence electrons. The number of carbonyl (C=O) groups excluding carboxylic acids is 7. The first kappa shape index (κ1) is 69.6. The van der Waals surface area contributed by atoms with E-state index in [9.17, 15) is 38.7 Å². The summed E-state index contributed by atoms with van der Waals surface area (Å²) in [5.41, 5.74) is 0.106. The van der Waals surface area contributed by atoms with Crippen LogP contribution in [0.3, 0.4) is 0 Å². The van der Waals surface area contributed by atoms with Gasteiger partial charge < -0.3 is 71.6 Å². The topological polar surface area (TPSA) is 263 Å². The second-order valence-electron chi connectivity index (χ2n) is 26.2. The summed E-state index contributed by atoms with van der Waals surface area (Å²) >= 11 is 0.